The van der Waals surface area contributed by atoms with Crippen molar-refractivity contribution in [2.75, 3.05) is 13.1 Å². The molecule has 0 radical (unpaired) electrons. The fourth-order valence-corrected chi connectivity index (χ4v) is 3.18. The van der Waals surface area contributed by atoms with Crippen molar-refractivity contribution in [3.05, 3.63) is 29.8 Å². The summed E-state index contributed by atoms with van der Waals surface area (Å²) >= 11 is 0. The molecule has 2 heterocycles. The Kier molecular flexibility index (Phi) is 4.15. The van der Waals surface area contributed by atoms with Crippen LogP contribution < -0.4 is 10.1 Å². The summed E-state index contributed by atoms with van der Waals surface area (Å²) in [5, 5.41) is 3.16. The SMILES string of the molecule is CC(C)N1CCC(NC(=O)C2Cc3ccccc3O2)CC1. The molecule has 0 aromatic heterocycles. The zero-order valence-electron chi connectivity index (χ0n) is 12.8. The first kappa shape index (κ1) is 14.4. The molecule has 0 bridgehead atoms. The summed E-state index contributed by atoms with van der Waals surface area (Å²) in [6.45, 7) is 6.58. The maximum Gasteiger partial charge on any atom is 0.261 e. The molecule has 0 aliphatic carbocycles. The van der Waals surface area contributed by atoms with E-state index in [-0.39, 0.29) is 12.0 Å². The lowest BCUT2D eigenvalue weighted by Gasteiger charge is -2.35. The molecular formula is C17H24N2O2. The number of piperidine rings is 1. The third-order valence-electron chi connectivity index (χ3n) is 4.55. The molecule has 1 N–H and O–H groups in total. The van der Waals surface area contributed by atoms with Crippen molar-refractivity contribution >= 4 is 5.91 Å². The first-order chi connectivity index (χ1) is 10.1. The van der Waals surface area contributed by atoms with Crippen LogP contribution in [-0.2, 0) is 11.2 Å². The Hall–Kier alpha value is -1.55. The third kappa shape index (κ3) is 3.21. The van der Waals surface area contributed by atoms with Crippen molar-refractivity contribution in [2.45, 2.75) is 51.3 Å². The number of para-hydroxylation sites is 1. The molecule has 1 fully saturated rings. The molecule has 1 aromatic rings. The fourth-order valence-electron chi connectivity index (χ4n) is 3.18. The van der Waals surface area contributed by atoms with Crippen molar-refractivity contribution in [3.63, 3.8) is 0 Å². The summed E-state index contributed by atoms with van der Waals surface area (Å²) in [6.07, 6.45) is 2.39. The molecule has 0 saturated carbocycles. The molecule has 4 nitrogen and oxygen atoms in total. The molecule has 1 atom stereocenters. The molecule has 4 heteroatoms. The number of carbonyl (C=O) groups is 1. The van der Waals surface area contributed by atoms with Gasteiger partial charge in [0.25, 0.3) is 5.91 Å². The second-order valence-corrected chi connectivity index (χ2v) is 6.33. The van der Waals surface area contributed by atoms with Crippen LogP contribution >= 0.6 is 0 Å². The monoisotopic (exact) mass is 288 g/mol. The van der Waals surface area contributed by atoms with E-state index in [0.717, 1.165) is 37.2 Å². The summed E-state index contributed by atoms with van der Waals surface area (Å²) < 4.78 is 5.75. The molecule has 2 aliphatic heterocycles. The molecule has 1 amide bonds. The van der Waals surface area contributed by atoms with Gasteiger partial charge < -0.3 is 15.0 Å². The molecule has 3 rings (SSSR count). The number of likely N-dealkylation sites (tertiary alicyclic amines) is 1. The van der Waals surface area contributed by atoms with E-state index in [1.54, 1.807) is 0 Å². The van der Waals surface area contributed by atoms with Gasteiger partial charge in [-0.15, -0.1) is 0 Å². The van der Waals surface area contributed by atoms with Crippen LogP contribution in [0.4, 0.5) is 0 Å². The van der Waals surface area contributed by atoms with Crippen molar-refractivity contribution in [3.8, 4) is 5.75 Å². The number of rotatable bonds is 3. The summed E-state index contributed by atoms with van der Waals surface area (Å²) in [5.41, 5.74) is 1.13. The van der Waals surface area contributed by atoms with E-state index in [1.165, 1.54) is 0 Å². The van der Waals surface area contributed by atoms with E-state index in [4.69, 9.17) is 4.74 Å². The third-order valence-corrected chi connectivity index (χ3v) is 4.55. The molecule has 1 aromatic carbocycles. The number of hydrogen-bond acceptors (Lipinski definition) is 3. The van der Waals surface area contributed by atoms with Crippen molar-refractivity contribution < 1.29 is 9.53 Å². The maximum absolute atomic E-state index is 12.3. The van der Waals surface area contributed by atoms with Crippen molar-refractivity contribution in [1.29, 1.82) is 0 Å². The molecule has 0 spiro atoms. The molecule has 21 heavy (non-hydrogen) atoms. The van der Waals surface area contributed by atoms with E-state index < -0.39 is 0 Å². The molecule has 2 aliphatic rings. The minimum absolute atomic E-state index is 0.0363. The Morgan fingerprint density at radius 2 is 2.00 bits per heavy atom. The maximum atomic E-state index is 12.3. The molecule has 114 valence electrons. The Balaban J connectivity index is 1.50. The van der Waals surface area contributed by atoms with Gasteiger partial charge in [0.05, 0.1) is 0 Å². The van der Waals surface area contributed by atoms with Gasteiger partial charge in [-0.25, -0.2) is 0 Å². The number of fused-ring (bicyclic) bond motifs is 1. The Bertz CT molecular complexity index is 482. The minimum Gasteiger partial charge on any atom is -0.480 e. The van der Waals surface area contributed by atoms with Crippen LogP contribution in [0.15, 0.2) is 24.3 Å². The van der Waals surface area contributed by atoms with E-state index in [2.05, 4.69) is 24.1 Å². The predicted molar refractivity (Wildman–Crippen MR) is 82.4 cm³/mol. The predicted octanol–water partition coefficient (Wildman–Crippen LogP) is 1.98. The number of benzene rings is 1. The van der Waals surface area contributed by atoms with Crippen LogP contribution in [0.3, 0.4) is 0 Å². The number of nitrogens with one attached hydrogen (secondary N) is 1. The zero-order chi connectivity index (χ0) is 14.8. The quantitative estimate of drug-likeness (QED) is 0.924. The first-order valence-corrected chi connectivity index (χ1v) is 7.92. The fraction of sp³-hybridized carbons (Fsp3) is 0.588. The van der Waals surface area contributed by atoms with Crippen LogP contribution in [0.25, 0.3) is 0 Å². The van der Waals surface area contributed by atoms with Crippen LogP contribution in [0, 0.1) is 0 Å². The van der Waals surface area contributed by atoms with Gasteiger partial charge in [0.2, 0.25) is 0 Å². The van der Waals surface area contributed by atoms with E-state index in [1.807, 2.05) is 24.3 Å². The highest BCUT2D eigenvalue weighted by Crippen LogP contribution is 2.28. The van der Waals surface area contributed by atoms with Gasteiger partial charge >= 0.3 is 0 Å². The van der Waals surface area contributed by atoms with Gasteiger partial charge in [-0.05, 0) is 38.3 Å². The second kappa shape index (κ2) is 6.06. The number of ether oxygens (including phenoxy) is 1. The standard InChI is InChI=1S/C17H24N2O2/c1-12(2)19-9-7-14(8-10-19)18-17(20)16-11-13-5-3-4-6-15(13)21-16/h3-6,12,14,16H,7-11H2,1-2H3,(H,18,20). The summed E-state index contributed by atoms with van der Waals surface area (Å²) in [4.78, 5) is 14.8. The highest BCUT2D eigenvalue weighted by Gasteiger charge is 2.31. The van der Waals surface area contributed by atoms with E-state index >= 15 is 0 Å². The smallest absolute Gasteiger partial charge is 0.261 e. The number of hydrogen-bond donors (Lipinski definition) is 1. The van der Waals surface area contributed by atoms with Crippen LogP contribution in [0.2, 0.25) is 0 Å². The molecule has 1 unspecified atom stereocenters. The number of amides is 1. The normalized spacial score (nSPS) is 22.9. The lowest BCUT2D eigenvalue weighted by Crippen LogP contribution is -2.49. The Labute approximate surface area is 126 Å². The van der Waals surface area contributed by atoms with Gasteiger partial charge in [0, 0.05) is 31.6 Å². The minimum atomic E-state index is -0.356. The van der Waals surface area contributed by atoms with Gasteiger partial charge in [-0.1, -0.05) is 18.2 Å². The average Bonchev–Trinajstić information content (AvgIpc) is 2.92. The Morgan fingerprint density at radius 3 is 2.67 bits per heavy atom. The highest BCUT2D eigenvalue weighted by atomic mass is 16.5. The number of nitrogens with zero attached hydrogens (tertiary/aromatic N) is 1. The van der Waals surface area contributed by atoms with Gasteiger partial charge in [-0.3, -0.25) is 4.79 Å². The average molecular weight is 288 g/mol. The highest BCUT2D eigenvalue weighted by molar-refractivity contribution is 5.82. The van der Waals surface area contributed by atoms with Crippen LogP contribution in [-0.4, -0.2) is 42.1 Å². The van der Waals surface area contributed by atoms with Crippen LogP contribution in [0.1, 0.15) is 32.3 Å². The summed E-state index contributed by atoms with van der Waals surface area (Å²) in [7, 11) is 0. The largest absolute Gasteiger partial charge is 0.480 e. The van der Waals surface area contributed by atoms with Gasteiger partial charge in [0.1, 0.15) is 5.75 Å². The molecular weight excluding hydrogens is 264 g/mol. The lowest BCUT2D eigenvalue weighted by atomic mass is 10.0. The number of carbonyl (C=O) groups excluding carboxylic acids is 1. The first-order valence-electron chi connectivity index (χ1n) is 7.92. The lowest BCUT2D eigenvalue weighted by molar-refractivity contribution is -0.128. The topological polar surface area (TPSA) is 41.6 Å². The van der Waals surface area contributed by atoms with Crippen molar-refractivity contribution in [1.82, 2.24) is 10.2 Å². The van der Waals surface area contributed by atoms with Gasteiger partial charge in [-0.2, -0.15) is 0 Å². The summed E-state index contributed by atoms with van der Waals surface area (Å²) in [6, 6.07) is 8.78. The zero-order valence-corrected chi connectivity index (χ0v) is 12.8. The Morgan fingerprint density at radius 1 is 1.29 bits per heavy atom. The molecule has 1 saturated heterocycles. The van der Waals surface area contributed by atoms with Crippen LogP contribution in [0.5, 0.6) is 5.75 Å². The van der Waals surface area contributed by atoms with E-state index in [9.17, 15) is 4.79 Å². The van der Waals surface area contributed by atoms with E-state index in [0.29, 0.717) is 18.5 Å². The summed E-state index contributed by atoms with van der Waals surface area (Å²) in [5.74, 6) is 0.890. The van der Waals surface area contributed by atoms with Gasteiger partial charge in [0.15, 0.2) is 6.10 Å². The second-order valence-electron chi connectivity index (χ2n) is 6.33. The van der Waals surface area contributed by atoms with Crippen molar-refractivity contribution in [2.24, 2.45) is 0 Å².